The van der Waals surface area contributed by atoms with Gasteiger partial charge in [0.05, 0.1) is 18.2 Å². The fraction of sp³-hybridized carbons (Fsp3) is 0.0476. The molecule has 29 heavy (non-hydrogen) atoms. The number of ether oxygens (including phenoxy) is 1. The molecular formula is C21H19N3O4S. The first-order valence-corrected chi connectivity index (χ1v) is 10.1. The summed E-state index contributed by atoms with van der Waals surface area (Å²) >= 11 is 0. The Morgan fingerprint density at radius 2 is 1.59 bits per heavy atom. The Kier molecular flexibility index (Phi) is 6.25. The van der Waals surface area contributed by atoms with Crippen LogP contribution in [0.2, 0.25) is 0 Å². The molecule has 7 nitrogen and oxygen atoms in total. The van der Waals surface area contributed by atoms with Gasteiger partial charge in [0, 0.05) is 11.3 Å². The van der Waals surface area contributed by atoms with Crippen LogP contribution in [0, 0.1) is 0 Å². The predicted octanol–water partition coefficient (Wildman–Crippen LogP) is 3.26. The van der Waals surface area contributed by atoms with E-state index in [2.05, 4.69) is 15.2 Å². The van der Waals surface area contributed by atoms with Gasteiger partial charge in [-0.15, -0.1) is 0 Å². The van der Waals surface area contributed by atoms with Gasteiger partial charge in [-0.2, -0.15) is 5.10 Å². The Balaban J connectivity index is 1.60. The summed E-state index contributed by atoms with van der Waals surface area (Å²) in [4.78, 5) is 12.3. The third-order valence-electron chi connectivity index (χ3n) is 3.95. The van der Waals surface area contributed by atoms with Crippen molar-refractivity contribution < 1.29 is 17.9 Å². The molecule has 1 amide bonds. The molecule has 0 saturated heterocycles. The summed E-state index contributed by atoms with van der Waals surface area (Å²) in [5, 5.41) is 3.92. The van der Waals surface area contributed by atoms with E-state index < -0.39 is 15.9 Å². The van der Waals surface area contributed by atoms with Crippen LogP contribution in [0.15, 0.2) is 88.9 Å². The molecule has 8 heteroatoms. The number of carbonyl (C=O) groups is 1. The highest BCUT2D eigenvalue weighted by Gasteiger charge is 2.13. The summed E-state index contributed by atoms with van der Waals surface area (Å²) in [6, 6.07) is 21.3. The zero-order valence-corrected chi connectivity index (χ0v) is 16.4. The van der Waals surface area contributed by atoms with E-state index in [9.17, 15) is 13.2 Å². The number of hydrogen-bond acceptors (Lipinski definition) is 5. The maximum absolute atomic E-state index is 12.3. The number of amides is 1. The third-order valence-corrected chi connectivity index (χ3v) is 5.35. The van der Waals surface area contributed by atoms with Crippen molar-refractivity contribution in [2.45, 2.75) is 4.90 Å². The average Bonchev–Trinajstić information content (AvgIpc) is 2.75. The van der Waals surface area contributed by atoms with Gasteiger partial charge in [-0.3, -0.25) is 9.52 Å². The molecule has 0 aliphatic heterocycles. The lowest BCUT2D eigenvalue weighted by Gasteiger charge is -2.08. The van der Waals surface area contributed by atoms with Crippen molar-refractivity contribution in [3.63, 3.8) is 0 Å². The minimum Gasteiger partial charge on any atom is -0.497 e. The summed E-state index contributed by atoms with van der Waals surface area (Å²) in [6.07, 6.45) is 1.51. The van der Waals surface area contributed by atoms with Crippen LogP contribution in [-0.4, -0.2) is 27.6 Å². The van der Waals surface area contributed by atoms with Gasteiger partial charge in [0.25, 0.3) is 15.9 Å². The van der Waals surface area contributed by atoms with Crippen molar-refractivity contribution >= 4 is 27.8 Å². The highest BCUT2D eigenvalue weighted by Crippen LogP contribution is 2.16. The molecule has 0 aliphatic rings. The number of benzene rings is 3. The molecule has 0 aliphatic carbocycles. The van der Waals surface area contributed by atoms with E-state index in [0.29, 0.717) is 11.3 Å². The van der Waals surface area contributed by atoms with E-state index in [-0.39, 0.29) is 4.90 Å². The minimum atomic E-state index is -3.68. The second kappa shape index (κ2) is 9.03. The number of carbonyl (C=O) groups excluding carboxylic acids is 1. The summed E-state index contributed by atoms with van der Waals surface area (Å²) < 4.78 is 32.2. The molecule has 0 unspecified atom stereocenters. The number of anilines is 1. The molecule has 0 atom stereocenters. The van der Waals surface area contributed by atoms with Crippen LogP contribution in [0.1, 0.15) is 15.9 Å². The van der Waals surface area contributed by atoms with Crippen LogP contribution < -0.4 is 14.9 Å². The van der Waals surface area contributed by atoms with Crippen LogP contribution >= 0.6 is 0 Å². The number of rotatable bonds is 7. The first-order chi connectivity index (χ1) is 14.0. The third kappa shape index (κ3) is 5.43. The van der Waals surface area contributed by atoms with Crippen LogP contribution in [0.3, 0.4) is 0 Å². The van der Waals surface area contributed by atoms with Crippen molar-refractivity contribution in [1.29, 1.82) is 0 Å². The van der Waals surface area contributed by atoms with Gasteiger partial charge in [0.15, 0.2) is 0 Å². The largest absolute Gasteiger partial charge is 0.497 e. The SMILES string of the molecule is COc1ccc(/C=N/NC(=O)c2ccc(NS(=O)(=O)c3ccccc3)cc2)cc1. The first kappa shape index (κ1) is 20.1. The van der Waals surface area contributed by atoms with E-state index in [1.54, 1.807) is 37.4 Å². The fourth-order valence-electron chi connectivity index (χ4n) is 2.42. The van der Waals surface area contributed by atoms with E-state index in [4.69, 9.17) is 4.74 Å². The standard InChI is InChI=1S/C21H19N3O4S/c1-28-19-13-7-16(8-14-19)15-22-23-21(25)17-9-11-18(12-10-17)24-29(26,27)20-5-3-2-4-6-20/h2-15,24H,1H3,(H,23,25)/b22-15+. The first-order valence-electron chi connectivity index (χ1n) is 8.63. The van der Waals surface area contributed by atoms with Crippen LogP contribution in [0.25, 0.3) is 0 Å². The minimum absolute atomic E-state index is 0.162. The Morgan fingerprint density at radius 3 is 2.21 bits per heavy atom. The fourth-order valence-corrected chi connectivity index (χ4v) is 3.50. The van der Waals surface area contributed by atoms with Gasteiger partial charge in [-0.1, -0.05) is 18.2 Å². The predicted molar refractivity (Wildman–Crippen MR) is 112 cm³/mol. The van der Waals surface area contributed by atoms with E-state index in [0.717, 1.165) is 11.3 Å². The molecule has 0 bridgehead atoms. The number of methoxy groups -OCH3 is 1. The molecule has 0 fully saturated rings. The van der Waals surface area contributed by atoms with Crippen molar-refractivity contribution in [3.05, 3.63) is 90.0 Å². The monoisotopic (exact) mass is 409 g/mol. The van der Waals surface area contributed by atoms with Gasteiger partial charge >= 0.3 is 0 Å². The summed E-state index contributed by atoms with van der Waals surface area (Å²) in [7, 11) is -2.09. The van der Waals surface area contributed by atoms with Gasteiger partial charge in [-0.25, -0.2) is 13.8 Å². The lowest BCUT2D eigenvalue weighted by molar-refractivity contribution is 0.0955. The number of hydrogen-bond donors (Lipinski definition) is 2. The quantitative estimate of drug-likeness (QED) is 0.462. The van der Waals surface area contributed by atoms with Crippen molar-refractivity contribution in [1.82, 2.24) is 5.43 Å². The van der Waals surface area contributed by atoms with E-state index in [1.807, 2.05) is 12.1 Å². The molecule has 0 heterocycles. The smallest absolute Gasteiger partial charge is 0.271 e. The van der Waals surface area contributed by atoms with Crippen LogP contribution in [0.5, 0.6) is 5.75 Å². The Labute approximate surface area is 169 Å². The number of nitrogens with zero attached hydrogens (tertiary/aromatic N) is 1. The normalized spacial score (nSPS) is 11.2. The second-order valence-corrected chi connectivity index (χ2v) is 7.65. The zero-order chi connectivity index (χ0) is 20.7. The van der Waals surface area contributed by atoms with Gasteiger partial charge in [0.2, 0.25) is 0 Å². The molecule has 3 aromatic rings. The van der Waals surface area contributed by atoms with Crippen LogP contribution in [0.4, 0.5) is 5.69 Å². The average molecular weight is 409 g/mol. The number of nitrogens with one attached hydrogen (secondary N) is 2. The number of hydrazone groups is 1. The molecule has 0 radical (unpaired) electrons. The Morgan fingerprint density at radius 1 is 0.931 bits per heavy atom. The maximum atomic E-state index is 12.3. The summed E-state index contributed by atoms with van der Waals surface area (Å²) in [5.74, 6) is 0.321. The Hall–Kier alpha value is -3.65. The highest BCUT2D eigenvalue weighted by atomic mass is 32.2. The number of sulfonamides is 1. The zero-order valence-electron chi connectivity index (χ0n) is 15.6. The molecule has 0 saturated carbocycles. The second-order valence-electron chi connectivity index (χ2n) is 5.97. The van der Waals surface area contributed by atoms with Crippen molar-refractivity contribution in [3.8, 4) is 5.75 Å². The maximum Gasteiger partial charge on any atom is 0.271 e. The Bertz CT molecular complexity index is 1090. The molecule has 3 rings (SSSR count). The molecule has 2 N–H and O–H groups in total. The molecule has 0 aromatic heterocycles. The topological polar surface area (TPSA) is 96.9 Å². The van der Waals surface area contributed by atoms with Gasteiger partial charge in [0.1, 0.15) is 5.75 Å². The lowest BCUT2D eigenvalue weighted by Crippen LogP contribution is -2.18. The van der Waals surface area contributed by atoms with Crippen LogP contribution in [-0.2, 0) is 10.0 Å². The molecule has 148 valence electrons. The van der Waals surface area contributed by atoms with Crippen molar-refractivity contribution in [2.75, 3.05) is 11.8 Å². The summed E-state index contributed by atoms with van der Waals surface area (Å²) in [6.45, 7) is 0. The van der Waals surface area contributed by atoms with E-state index in [1.165, 1.54) is 42.6 Å². The lowest BCUT2D eigenvalue weighted by atomic mass is 10.2. The molecular weight excluding hydrogens is 390 g/mol. The van der Waals surface area contributed by atoms with Gasteiger partial charge < -0.3 is 4.74 Å². The molecule has 0 spiro atoms. The van der Waals surface area contributed by atoms with Gasteiger partial charge in [-0.05, 0) is 66.2 Å². The molecule has 3 aromatic carbocycles. The highest BCUT2D eigenvalue weighted by molar-refractivity contribution is 7.92. The summed E-state index contributed by atoms with van der Waals surface area (Å²) in [5.41, 5.74) is 3.93. The van der Waals surface area contributed by atoms with E-state index >= 15 is 0 Å². The van der Waals surface area contributed by atoms with Crippen molar-refractivity contribution in [2.24, 2.45) is 5.10 Å².